The standard InChI is InChI=1S/C8H18N4/c1-4-7(12-6-11-3)5-8(2,9)10/h7H,4-5,9-10H2,1-3H3. The molecule has 0 fully saturated rings. The lowest BCUT2D eigenvalue weighted by atomic mass is 10.0. The van der Waals surface area contributed by atoms with E-state index < -0.39 is 5.66 Å². The number of hydrogen-bond acceptors (Lipinski definition) is 4. The van der Waals surface area contributed by atoms with Crippen molar-refractivity contribution in [3.05, 3.63) is 0 Å². The summed E-state index contributed by atoms with van der Waals surface area (Å²) in [6.45, 7) is 3.82. The topological polar surface area (TPSA) is 76.8 Å². The summed E-state index contributed by atoms with van der Waals surface area (Å²) in [4.78, 5) is 7.72. The third-order valence-electron chi connectivity index (χ3n) is 1.49. The van der Waals surface area contributed by atoms with Crippen LogP contribution in [0.5, 0.6) is 0 Å². The summed E-state index contributed by atoms with van der Waals surface area (Å²) in [5, 5.41) is 0. The molecule has 4 nitrogen and oxygen atoms in total. The minimum absolute atomic E-state index is 0.133. The minimum atomic E-state index is -0.653. The fourth-order valence-corrected chi connectivity index (χ4v) is 0.928. The van der Waals surface area contributed by atoms with Gasteiger partial charge < -0.3 is 11.5 Å². The van der Waals surface area contributed by atoms with Gasteiger partial charge in [0.2, 0.25) is 0 Å². The van der Waals surface area contributed by atoms with Crippen LogP contribution in [0.3, 0.4) is 0 Å². The van der Waals surface area contributed by atoms with E-state index in [0.29, 0.717) is 6.42 Å². The number of aliphatic imine (C=N–C) groups is 2. The van der Waals surface area contributed by atoms with Gasteiger partial charge in [-0.1, -0.05) is 6.92 Å². The summed E-state index contributed by atoms with van der Waals surface area (Å²) in [6.07, 6.45) is 1.57. The first kappa shape index (κ1) is 11.3. The van der Waals surface area contributed by atoms with Crippen LogP contribution in [0.1, 0.15) is 26.7 Å². The highest BCUT2D eigenvalue weighted by molar-refractivity contribution is 5.41. The van der Waals surface area contributed by atoms with Crippen LogP contribution in [-0.4, -0.2) is 24.8 Å². The lowest BCUT2D eigenvalue weighted by Crippen LogP contribution is -2.48. The molecule has 0 saturated carbocycles. The van der Waals surface area contributed by atoms with E-state index in [2.05, 4.69) is 16.0 Å². The molecule has 0 saturated heterocycles. The second-order valence-electron chi connectivity index (χ2n) is 3.22. The van der Waals surface area contributed by atoms with Crippen molar-refractivity contribution >= 4 is 6.01 Å². The molecule has 0 spiro atoms. The maximum Gasteiger partial charge on any atom is 0.0892 e. The Hall–Kier alpha value is -0.700. The number of nitrogens with two attached hydrogens (primary N) is 2. The van der Waals surface area contributed by atoms with Gasteiger partial charge in [-0.25, -0.2) is 9.98 Å². The van der Waals surface area contributed by atoms with Crippen LogP contribution < -0.4 is 11.5 Å². The fraction of sp³-hybridized carbons (Fsp3) is 0.875. The molecule has 0 aliphatic rings. The highest BCUT2D eigenvalue weighted by Crippen LogP contribution is 2.08. The van der Waals surface area contributed by atoms with E-state index >= 15 is 0 Å². The van der Waals surface area contributed by atoms with Gasteiger partial charge >= 0.3 is 0 Å². The molecule has 0 aromatic heterocycles. The molecule has 1 unspecified atom stereocenters. The molecule has 0 aliphatic carbocycles. The van der Waals surface area contributed by atoms with Gasteiger partial charge in [0.1, 0.15) is 0 Å². The Morgan fingerprint density at radius 2 is 2.08 bits per heavy atom. The van der Waals surface area contributed by atoms with Crippen molar-refractivity contribution in [1.82, 2.24) is 0 Å². The van der Waals surface area contributed by atoms with E-state index in [1.165, 1.54) is 0 Å². The summed E-state index contributed by atoms with van der Waals surface area (Å²) >= 11 is 0. The van der Waals surface area contributed by atoms with Crippen molar-refractivity contribution in [2.75, 3.05) is 7.05 Å². The van der Waals surface area contributed by atoms with Crippen LogP contribution in [0.2, 0.25) is 0 Å². The van der Waals surface area contributed by atoms with E-state index in [-0.39, 0.29) is 6.04 Å². The van der Waals surface area contributed by atoms with Crippen LogP contribution in [-0.2, 0) is 0 Å². The summed E-state index contributed by atoms with van der Waals surface area (Å²) in [6, 6.07) is 2.69. The van der Waals surface area contributed by atoms with Crippen LogP contribution in [0.25, 0.3) is 0 Å². The monoisotopic (exact) mass is 170 g/mol. The van der Waals surface area contributed by atoms with Gasteiger partial charge in [0.05, 0.1) is 17.7 Å². The van der Waals surface area contributed by atoms with E-state index in [0.717, 1.165) is 6.42 Å². The molecule has 0 heterocycles. The maximum absolute atomic E-state index is 5.64. The molecule has 0 aromatic rings. The molecule has 4 heteroatoms. The Morgan fingerprint density at radius 3 is 2.42 bits per heavy atom. The first-order valence-electron chi connectivity index (χ1n) is 4.11. The molecule has 4 N–H and O–H groups in total. The van der Waals surface area contributed by atoms with E-state index in [9.17, 15) is 0 Å². The van der Waals surface area contributed by atoms with Crippen molar-refractivity contribution in [3.63, 3.8) is 0 Å². The zero-order valence-electron chi connectivity index (χ0n) is 8.04. The van der Waals surface area contributed by atoms with Crippen LogP contribution in [0.4, 0.5) is 0 Å². The quantitative estimate of drug-likeness (QED) is 0.478. The molecule has 0 rings (SSSR count). The average Bonchev–Trinajstić information content (AvgIpc) is 1.95. The highest BCUT2D eigenvalue weighted by Gasteiger charge is 2.16. The van der Waals surface area contributed by atoms with Gasteiger partial charge in [-0.2, -0.15) is 0 Å². The third kappa shape index (κ3) is 6.04. The smallest absolute Gasteiger partial charge is 0.0892 e. The molecule has 0 radical (unpaired) electrons. The zero-order chi connectivity index (χ0) is 9.61. The summed E-state index contributed by atoms with van der Waals surface area (Å²) in [5.41, 5.74) is 10.6. The van der Waals surface area contributed by atoms with E-state index in [4.69, 9.17) is 11.5 Å². The fourth-order valence-electron chi connectivity index (χ4n) is 0.928. The second kappa shape index (κ2) is 5.04. The minimum Gasteiger partial charge on any atom is -0.314 e. The van der Waals surface area contributed by atoms with Crippen LogP contribution >= 0.6 is 0 Å². The summed E-state index contributed by atoms with van der Waals surface area (Å²) < 4.78 is 0. The van der Waals surface area contributed by atoms with Gasteiger partial charge in [-0.15, -0.1) is 0 Å². The van der Waals surface area contributed by atoms with Gasteiger partial charge in [-0.3, -0.25) is 0 Å². The first-order chi connectivity index (χ1) is 5.49. The maximum atomic E-state index is 5.64. The predicted molar refractivity (Wildman–Crippen MR) is 51.3 cm³/mol. The molecule has 0 bridgehead atoms. The SMILES string of the molecule is CCC(CC(C)(N)N)N=C=NC. The normalized spacial score (nSPS) is 13.4. The summed E-state index contributed by atoms with van der Waals surface area (Å²) in [5.74, 6) is 0. The van der Waals surface area contributed by atoms with Crippen LogP contribution in [0.15, 0.2) is 9.98 Å². The Balaban J connectivity index is 4.10. The Labute approximate surface area is 73.8 Å². The average molecular weight is 170 g/mol. The number of hydrogen-bond donors (Lipinski definition) is 2. The van der Waals surface area contributed by atoms with Crippen molar-refractivity contribution in [3.8, 4) is 0 Å². The molecular weight excluding hydrogens is 152 g/mol. The van der Waals surface area contributed by atoms with Crippen molar-refractivity contribution in [2.24, 2.45) is 21.5 Å². The predicted octanol–water partition coefficient (Wildman–Crippen LogP) is 0.592. The lowest BCUT2D eigenvalue weighted by molar-refractivity contribution is 0.399. The molecule has 70 valence electrons. The van der Waals surface area contributed by atoms with Gasteiger partial charge in [-0.05, 0) is 13.3 Å². The van der Waals surface area contributed by atoms with Gasteiger partial charge in [0, 0.05) is 13.5 Å². The zero-order valence-corrected chi connectivity index (χ0v) is 8.04. The van der Waals surface area contributed by atoms with Crippen molar-refractivity contribution < 1.29 is 0 Å². The first-order valence-corrected chi connectivity index (χ1v) is 4.11. The Kier molecular flexibility index (Phi) is 4.74. The van der Waals surface area contributed by atoms with Gasteiger partial charge in [0.15, 0.2) is 0 Å². The highest BCUT2D eigenvalue weighted by atomic mass is 15.0. The lowest BCUT2D eigenvalue weighted by Gasteiger charge is -2.21. The molecule has 1 atom stereocenters. The largest absolute Gasteiger partial charge is 0.314 e. The van der Waals surface area contributed by atoms with Gasteiger partial charge in [0.25, 0.3) is 0 Å². The second-order valence-corrected chi connectivity index (χ2v) is 3.22. The molecular formula is C8H18N4. The summed E-state index contributed by atoms with van der Waals surface area (Å²) in [7, 11) is 1.64. The molecule has 0 aromatic carbocycles. The van der Waals surface area contributed by atoms with Crippen molar-refractivity contribution in [1.29, 1.82) is 0 Å². The van der Waals surface area contributed by atoms with Crippen LogP contribution in [0, 0.1) is 0 Å². The third-order valence-corrected chi connectivity index (χ3v) is 1.49. The molecule has 0 amide bonds. The molecule has 12 heavy (non-hydrogen) atoms. The van der Waals surface area contributed by atoms with E-state index in [1.807, 2.05) is 6.92 Å². The molecule has 0 aliphatic heterocycles. The van der Waals surface area contributed by atoms with Crippen molar-refractivity contribution in [2.45, 2.75) is 38.4 Å². The van der Waals surface area contributed by atoms with E-state index in [1.54, 1.807) is 14.0 Å². The Bertz CT molecular complexity index is 174. The number of rotatable bonds is 4. The Morgan fingerprint density at radius 1 is 1.50 bits per heavy atom. The number of nitrogens with zero attached hydrogens (tertiary/aromatic N) is 2.